The van der Waals surface area contributed by atoms with Gasteiger partial charge in [0.05, 0.1) is 12.5 Å². The molecule has 1 atom stereocenters. The molecule has 0 bridgehead atoms. The van der Waals surface area contributed by atoms with E-state index in [1.54, 1.807) is 0 Å². The highest BCUT2D eigenvalue weighted by atomic mass is 28.4. The fourth-order valence-electron chi connectivity index (χ4n) is 2.27. The lowest BCUT2D eigenvalue weighted by Gasteiger charge is -2.26. The molecule has 0 aromatic heterocycles. The Balaban J connectivity index is 1.98. The summed E-state index contributed by atoms with van der Waals surface area (Å²) in [5.74, 6) is -0.235. The lowest BCUT2D eigenvalue weighted by Crippen LogP contribution is -2.29. The summed E-state index contributed by atoms with van der Waals surface area (Å²) in [5, 5.41) is 0. The van der Waals surface area contributed by atoms with Crippen molar-refractivity contribution in [2.45, 2.75) is 38.8 Å². The van der Waals surface area contributed by atoms with Crippen molar-refractivity contribution >= 4 is 14.3 Å². The van der Waals surface area contributed by atoms with Crippen LogP contribution in [0.5, 0.6) is 0 Å². The van der Waals surface area contributed by atoms with E-state index in [9.17, 15) is 4.79 Å². The topological polar surface area (TPSA) is 35.5 Å². The Hall–Kier alpha value is -1.91. The van der Waals surface area contributed by atoms with E-state index >= 15 is 0 Å². The van der Waals surface area contributed by atoms with Crippen LogP contribution in [-0.2, 0) is 20.6 Å². The molecule has 0 spiro atoms. The van der Waals surface area contributed by atoms with E-state index < -0.39 is 8.32 Å². The van der Waals surface area contributed by atoms with Gasteiger partial charge in [0.15, 0.2) is 8.32 Å². The highest BCUT2D eigenvalue weighted by Crippen LogP contribution is 2.26. The van der Waals surface area contributed by atoms with Crippen molar-refractivity contribution in [3.8, 4) is 0 Å². The molecule has 0 unspecified atom stereocenters. The molecule has 0 saturated carbocycles. The van der Waals surface area contributed by atoms with Crippen LogP contribution >= 0.6 is 0 Å². The second kappa shape index (κ2) is 8.08. The van der Waals surface area contributed by atoms with Gasteiger partial charge in [-0.15, -0.1) is 0 Å². The van der Waals surface area contributed by atoms with Gasteiger partial charge in [0, 0.05) is 0 Å². The molecule has 3 nitrogen and oxygen atoms in total. The van der Waals surface area contributed by atoms with Crippen molar-refractivity contribution in [3.63, 3.8) is 0 Å². The molecule has 0 radical (unpaired) electrons. The van der Waals surface area contributed by atoms with Gasteiger partial charge in [-0.1, -0.05) is 60.7 Å². The summed E-state index contributed by atoms with van der Waals surface area (Å²) in [6, 6.07) is 19.6. The van der Waals surface area contributed by atoms with Crippen LogP contribution in [0, 0.1) is 0 Å². The SMILES string of the molecule is C[Si](C)(C)O[C@H](CC(=O)OCc1ccccc1)c1ccccc1. The molecule has 2 rings (SSSR count). The van der Waals surface area contributed by atoms with E-state index in [2.05, 4.69) is 19.6 Å². The first-order chi connectivity index (χ1) is 10.9. The molecule has 0 heterocycles. The van der Waals surface area contributed by atoms with Gasteiger partial charge in [-0.3, -0.25) is 4.79 Å². The molecule has 4 heteroatoms. The molecule has 0 fully saturated rings. The monoisotopic (exact) mass is 328 g/mol. The third kappa shape index (κ3) is 6.38. The summed E-state index contributed by atoms with van der Waals surface area (Å²) in [5.41, 5.74) is 2.01. The summed E-state index contributed by atoms with van der Waals surface area (Å²) in [6.45, 7) is 6.67. The van der Waals surface area contributed by atoms with E-state index in [1.807, 2.05) is 60.7 Å². The quantitative estimate of drug-likeness (QED) is 0.545. The van der Waals surface area contributed by atoms with Crippen LogP contribution in [0.4, 0.5) is 0 Å². The van der Waals surface area contributed by atoms with E-state index in [0.717, 1.165) is 11.1 Å². The first-order valence-electron chi connectivity index (χ1n) is 7.86. The Kier molecular flexibility index (Phi) is 6.13. The first-order valence-corrected chi connectivity index (χ1v) is 11.3. The van der Waals surface area contributed by atoms with E-state index in [4.69, 9.17) is 9.16 Å². The standard InChI is InChI=1S/C19H24O3Si/c1-23(2,3)22-18(17-12-8-5-9-13-17)14-19(20)21-15-16-10-6-4-7-11-16/h4-13,18H,14-15H2,1-3H3/t18-/m1/s1. The molecule has 0 saturated heterocycles. The highest BCUT2D eigenvalue weighted by molar-refractivity contribution is 6.69. The molecule has 0 N–H and O–H groups in total. The van der Waals surface area contributed by atoms with Gasteiger partial charge in [-0.25, -0.2) is 0 Å². The Labute approximate surface area is 139 Å². The molecule has 0 amide bonds. The van der Waals surface area contributed by atoms with Crippen molar-refractivity contribution in [1.29, 1.82) is 0 Å². The van der Waals surface area contributed by atoms with Crippen LogP contribution in [0.25, 0.3) is 0 Å². The molecular weight excluding hydrogens is 304 g/mol. The zero-order chi connectivity index (χ0) is 16.7. The number of hydrogen-bond acceptors (Lipinski definition) is 3. The van der Waals surface area contributed by atoms with E-state index in [-0.39, 0.29) is 18.5 Å². The van der Waals surface area contributed by atoms with Crippen LogP contribution in [-0.4, -0.2) is 14.3 Å². The number of carbonyl (C=O) groups is 1. The Morgan fingerprint density at radius 2 is 1.52 bits per heavy atom. The third-order valence-electron chi connectivity index (χ3n) is 3.26. The van der Waals surface area contributed by atoms with Crippen molar-refractivity contribution in [3.05, 3.63) is 71.8 Å². The number of rotatable bonds is 7. The zero-order valence-corrected chi connectivity index (χ0v) is 15.0. The number of carbonyl (C=O) groups excluding carboxylic acids is 1. The number of esters is 1. The fraction of sp³-hybridized carbons (Fsp3) is 0.316. The van der Waals surface area contributed by atoms with E-state index in [1.165, 1.54) is 0 Å². The summed E-state index contributed by atoms with van der Waals surface area (Å²) in [7, 11) is -1.76. The maximum absolute atomic E-state index is 12.2. The second-order valence-corrected chi connectivity index (χ2v) is 10.9. The number of benzene rings is 2. The van der Waals surface area contributed by atoms with Gasteiger partial charge in [-0.05, 0) is 30.8 Å². The summed E-state index contributed by atoms with van der Waals surface area (Å²) < 4.78 is 11.6. The molecule has 0 aliphatic rings. The molecule has 2 aromatic carbocycles. The molecule has 122 valence electrons. The Bertz CT molecular complexity index is 606. The van der Waals surface area contributed by atoms with Gasteiger partial charge in [0.25, 0.3) is 0 Å². The molecule has 23 heavy (non-hydrogen) atoms. The van der Waals surface area contributed by atoms with Crippen molar-refractivity contribution in [2.75, 3.05) is 0 Å². The minimum absolute atomic E-state index is 0.235. The third-order valence-corrected chi connectivity index (χ3v) is 4.25. The van der Waals surface area contributed by atoms with Crippen molar-refractivity contribution in [1.82, 2.24) is 0 Å². The van der Waals surface area contributed by atoms with Crippen molar-refractivity contribution < 1.29 is 14.0 Å². The maximum atomic E-state index is 12.2. The van der Waals surface area contributed by atoms with Crippen LogP contribution in [0.2, 0.25) is 19.6 Å². The van der Waals surface area contributed by atoms with Crippen LogP contribution in [0.15, 0.2) is 60.7 Å². The van der Waals surface area contributed by atoms with Crippen LogP contribution in [0.3, 0.4) is 0 Å². The summed E-state index contributed by atoms with van der Waals surface area (Å²) >= 11 is 0. The van der Waals surface area contributed by atoms with Gasteiger partial charge in [-0.2, -0.15) is 0 Å². The predicted octanol–water partition coefficient (Wildman–Crippen LogP) is 4.71. The molecular formula is C19H24O3Si. The van der Waals surface area contributed by atoms with Gasteiger partial charge in [0.1, 0.15) is 6.61 Å². The minimum atomic E-state index is -1.76. The Morgan fingerprint density at radius 1 is 0.957 bits per heavy atom. The Morgan fingerprint density at radius 3 is 2.09 bits per heavy atom. The lowest BCUT2D eigenvalue weighted by molar-refractivity contribution is -0.147. The zero-order valence-electron chi connectivity index (χ0n) is 14.0. The highest BCUT2D eigenvalue weighted by Gasteiger charge is 2.25. The molecule has 0 aliphatic heterocycles. The first kappa shape index (κ1) is 17.4. The number of ether oxygens (including phenoxy) is 1. The van der Waals surface area contributed by atoms with Crippen LogP contribution in [0.1, 0.15) is 23.7 Å². The van der Waals surface area contributed by atoms with E-state index in [0.29, 0.717) is 6.61 Å². The lowest BCUT2D eigenvalue weighted by atomic mass is 10.1. The van der Waals surface area contributed by atoms with Gasteiger partial charge < -0.3 is 9.16 Å². The summed E-state index contributed by atoms with van der Waals surface area (Å²) in [6.07, 6.45) is -0.00710. The van der Waals surface area contributed by atoms with Crippen LogP contribution < -0.4 is 0 Å². The molecule has 0 aliphatic carbocycles. The summed E-state index contributed by atoms with van der Waals surface area (Å²) in [4.78, 5) is 12.2. The smallest absolute Gasteiger partial charge is 0.309 e. The maximum Gasteiger partial charge on any atom is 0.309 e. The van der Waals surface area contributed by atoms with Crippen molar-refractivity contribution in [2.24, 2.45) is 0 Å². The van der Waals surface area contributed by atoms with Gasteiger partial charge in [0.2, 0.25) is 0 Å². The minimum Gasteiger partial charge on any atom is -0.461 e. The number of hydrogen-bond donors (Lipinski definition) is 0. The average Bonchev–Trinajstić information content (AvgIpc) is 2.53. The fourth-order valence-corrected chi connectivity index (χ4v) is 3.34. The largest absolute Gasteiger partial charge is 0.461 e. The normalized spacial score (nSPS) is 12.7. The molecule has 2 aromatic rings. The average molecular weight is 328 g/mol. The van der Waals surface area contributed by atoms with Gasteiger partial charge >= 0.3 is 5.97 Å². The predicted molar refractivity (Wildman–Crippen MR) is 94.5 cm³/mol. The second-order valence-electron chi connectivity index (χ2n) is 6.48.